The van der Waals surface area contributed by atoms with Gasteiger partial charge in [0, 0.05) is 18.4 Å². The van der Waals surface area contributed by atoms with Crippen LogP contribution in [0.25, 0.3) is 0 Å². The van der Waals surface area contributed by atoms with Gasteiger partial charge in [-0.15, -0.1) is 0 Å². The zero-order chi connectivity index (χ0) is 18.6. The van der Waals surface area contributed by atoms with Crippen LogP contribution in [0.5, 0.6) is 17.2 Å². The van der Waals surface area contributed by atoms with Crippen molar-refractivity contribution >= 4 is 27.2 Å². The molecule has 0 heterocycles. The molecule has 0 saturated carbocycles. The Morgan fingerprint density at radius 3 is 2.52 bits per heavy atom. The van der Waals surface area contributed by atoms with E-state index in [1.165, 1.54) is 0 Å². The quantitative estimate of drug-likeness (QED) is 0.675. The number of rotatable bonds is 7. The number of hydrogen-bond acceptors (Lipinski definition) is 5. The number of ether oxygens (including phenoxy) is 2. The molecule has 0 aliphatic carbocycles. The van der Waals surface area contributed by atoms with Crippen molar-refractivity contribution in [3.63, 3.8) is 0 Å². The van der Waals surface area contributed by atoms with Gasteiger partial charge in [-0.25, -0.2) is 12.8 Å². The molecule has 0 fully saturated rings. The number of sulfone groups is 1. The highest BCUT2D eigenvalue weighted by molar-refractivity contribution is 7.91. The Morgan fingerprint density at radius 2 is 1.88 bits per heavy atom. The summed E-state index contributed by atoms with van der Waals surface area (Å²) >= 11 is 6.04. The molecule has 0 aromatic heterocycles. The fourth-order valence-electron chi connectivity index (χ4n) is 2.06. The molecular weight excluding hydrogens is 371 g/mol. The maximum atomic E-state index is 14.2. The predicted molar refractivity (Wildman–Crippen MR) is 93.1 cm³/mol. The molecule has 0 saturated heterocycles. The second-order valence-corrected chi connectivity index (χ2v) is 7.81. The molecule has 8 heteroatoms. The summed E-state index contributed by atoms with van der Waals surface area (Å²) in [6.07, 6.45) is 0.896. The topological polar surface area (TPSA) is 69.7 Å². The normalized spacial score (nSPS) is 11.2. The molecule has 0 aliphatic heterocycles. The van der Waals surface area contributed by atoms with Crippen LogP contribution < -0.4 is 9.47 Å². The van der Waals surface area contributed by atoms with Crippen molar-refractivity contribution in [1.29, 1.82) is 0 Å². The van der Waals surface area contributed by atoms with Gasteiger partial charge in [-0.1, -0.05) is 17.7 Å². The number of Topliss-reactive ketones (excluding diaryl/α,β-unsaturated/α-hetero) is 1. The molecule has 0 N–H and O–H groups in total. The zero-order valence-electron chi connectivity index (χ0n) is 13.6. The van der Waals surface area contributed by atoms with Crippen LogP contribution in [-0.4, -0.2) is 32.8 Å². The molecule has 5 nitrogen and oxygen atoms in total. The highest BCUT2D eigenvalue weighted by Crippen LogP contribution is 2.33. The summed E-state index contributed by atoms with van der Waals surface area (Å²) in [4.78, 5) is 11.9. The largest absolute Gasteiger partial charge is 0.494 e. The molecule has 2 aromatic rings. The first kappa shape index (κ1) is 19.2. The summed E-state index contributed by atoms with van der Waals surface area (Å²) in [5, 5.41) is -0.0138. The minimum atomic E-state index is -3.57. The molecule has 0 radical (unpaired) electrons. The average Bonchev–Trinajstić information content (AvgIpc) is 2.49. The second kappa shape index (κ2) is 7.84. The lowest BCUT2D eigenvalue weighted by Crippen LogP contribution is -2.16. The first-order chi connectivity index (χ1) is 11.7. The van der Waals surface area contributed by atoms with Gasteiger partial charge >= 0.3 is 0 Å². The van der Waals surface area contributed by atoms with E-state index >= 15 is 0 Å². The van der Waals surface area contributed by atoms with E-state index < -0.39 is 32.8 Å². The third-order valence-corrected chi connectivity index (χ3v) is 4.14. The maximum absolute atomic E-state index is 14.2. The minimum Gasteiger partial charge on any atom is -0.494 e. The minimum absolute atomic E-state index is 0.00345. The fraction of sp³-hybridized carbons (Fsp3) is 0.235. The number of carbonyl (C=O) groups excluding carboxylic acids is 1. The van der Waals surface area contributed by atoms with Crippen molar-refractivity contribution < 1.29 is 27.1 Å². The van der Waals surface area contributed by atoms with Crippen molar-refractivity contribution in [2.45, 2.75) is 6.92 Å². The molecule has 2 aromatic carbocycles. The Kier molecular flexibility index (Phi) is 6.02. The maximum Gasteiger partial charge on any atom is 0.180 e. The summed E-state index contributed by atoms with van der Waals surface area (Å²) in [6.45, 7) is 2.32. The average molecular weight is 387 g/mol. The van der Waals surface area contributed by atoms with E-state index in [-0.39, 0.29) is 10.8 Å². The van der Waals surface area contributed by atoms with Gasteiger partial charge < -0.3 is 9.47 Å². The molecule has 0 unspecified atom stereocenters. The van der Waals surface area contributed by atoms with Crippen LogP contribution in [0.2, 0.25) is 5.02 Å². The van der Waals surface area contributed by atoms with Crippen LogP contribution in [0.1, 0.15) is 17.3 Å². The number of ketones is 1. The number of benzene rings is 2. The molecule has 0 amide bonds. The number of hydrogen-bond donors (Lipinski definition) is 0. The van der Waals surface area contributed by atoms with E-state index in [9.17, 15) is 17.6 Å². The standard InChI is InChI=1S/C17H16ClFO5S/c1-3-23-11-5-4-6-12(7-11)24-17-9-15(19)13(8-14(17)18)16(20)10-25(2,21)22/h4-9H,3,10H2,1-2H3. The monoisotopic (exact) mass is 386 g/mol. The SMILES string of the molecule is CCOc1cccc(Oc2cc(F)c(C(=O)CS(C)(=O)=O)cc2Cl)c1. The van der Waals surface area contributed by atoms with Gasteiger partial charge in [0.25, 0.3) is 0 Å². The van der Waals surface area contributed by atoms with Gasteiger partial charge in [0.1, 0.15) is 28.8 Å². The van der Waals surface area contributed by atoms with Crippen molar-refractivity contribution in [1.82, 2.24) is 0 Å². The molecule has 2 rings (SSSR count). The van der Waals surface area contributed by atoms with E-state index in [0.717, 1.165) is 18.4 Å². The smallest absolute Gasteiger partial charge is 0.180 e. The predicted octanol–water partition coefficient (Wildman–Crippen LogP) is 3.90. The Bertz CT molecular complexity index is 896. The van der Waals surface area contributed by atoms with Crippen LogP contribution >= 0.6 is 11.6 Å². The Morgan fingerprint density at radius 1 is 1.20 bits per heavy atom. The fourth-order valence-corrected chi connectivity index (χ4v) is 2.89. The highest BCUT2D eigenvalue weighted by Gasteiger charge is 2.20. The van der Waals surface area contributed by atoms with Crippen molar-refractivity contribution in [2.24, 2.45) is 0 Å². The van der Waals surface area contributed by atoms with Gasteiger partial charge in [-0.05, 0) is 25.1 Å². The van der Waals surface area contributed by atoms with Crippen LogP contribution in [-0.2, 0) is 9.84 Å². The third-order valence-electron chi connectivity index (χ3n) is 3.06. The zero-order valence-corrected chi connectivity index (χ0v) is 15.2. The number of carbonyl (C=O) groups is 1. The Labute approximate surface area is 150 Å². The molecule has 134 valence electrons. The van der Waals surface area contributed by atoms with Gasteiger partial charge in [-0.3, -0.25) is 4.79 Å². The summed E-state index contributed by atoms with van der Waals surface area (Å²) in [6, 6.07) is 8.71. The summed E-state index contributed by atoms with van der Waals surface area (Å²) < 4.78 is 47.4. The van der Waals surface area contributed by atoms with Gasteiger partial charge in [-0.2, -0.15) is 0 Å². The van der Waals surface area contributed by atoms with E-state index in [1.54, 1.807) is 24.3 Å². The van der Waals surface area contributed by atoms with Crippen molar-refractivity contribution in [3.05, 3.63) is 52.8 Å². The van der Waals surface area contributed by atoms with E-state index in [2.05, 4.69) is 0 Å². The van der Waals surface area contributed by atoms with E-state index in [1.807, 2.05) is 6.92 Å². The lowest BCUT2D eigenvalue weighted by molar-refractivity contribution is 0.101. The molecule has 0 atom stereocenters. The molecule has 0 aliphatic rings. The lowest BCUT2D eigenvalue weighted by atomic mass is 10.1. The van der Waals surface area contributed by atoms with Crippen LogP contribution in [0.4, 0.5) is 4.39 Å². The van der Waals surface area contributed by atoms with Crippen molar-refractivity contribution in [2.75, 3.05) is 18.6 Å². The summed E-state index contributed by atoms with van der Waals surface area (Å²) in [7, 11) is -3.57. The second-order valence-electron chi connectivity index (χ2n) is 5.27. The Balaban J connectivity index is 2.28. The van der Waals surface area contributed by atoms with Gasteiger partial charge in [0.15, 0.2) is 15.6 Å². The van der Waals surface area contributed by atoms with Gasteiger partial charge in [0.05, 0.1) is 17.2 Å². The molecule has 0 bridgehead atoms. The first-order valence-electron chi connectivity index (χ1n) is 7.30. The molecule has 25 heavy (non-hydrogen) atoms. The summed E-state index contributed by atoms with van der Waals surface area (Å²) in [5.41, 5.74) is -0.397. The van der Waals surface area contributed by atoms with Crippen LogP contribution in [0.3, 0.4) is 0 Å². The van der Waals surface area contributed by atoms with E-state index in [4.69, 9.17) is 21.1 Å². The van der Waals surface area contributed by atoms with E-state index in [0.29, 0.717) is 18.1 Å². The number of halogens is 2. The van der Waals surface area contributed by atoms with Crippen molar-refractivity contribution in [3.8, 4) is 17.2 Å². The molecular formula is C17H16ClFO5S. The van der Waals surface area contributed by atoms with Crippen LogP contribution in [0.15, 0.2) is 36.4 Å². The Hall–Kier alpha value is -2.12. The third kappa shape index (κ3) is 5.44. The van der Waals surface area contributed by atoms with Crippen LogP contribution in [0, 0.1) is 5.82 Å². The lowest BCUT2D eigenvalue weighted by Gasteiger charge is -2.11. The van der Waals surface area contributed by atoms with Gasteiger partial charge in [0.2, 0.25) is 0 Å². The summed E-state index contributed by atoms with van der Waals surface area (Å²) in [5.74, 6) is -1.61. The highest BCUT2D eigenvalue weighted by atomic mass is 35.5. The first-order valence-corrected chi connectivity index (χ1v) is 9.74. The molecule has 0 spiro atoms.